The number of rotatable bonds is 0. The summed E-state index contributed by atoms with van der Waals surface area (Å²) < 4.78 is 5.05. The Balaban J connectivity index is 0.000000490. The maximum absolute atomic E-state index is 5.05. The number of hydrogen-bond acceptors (Lipinski definition) is 2. The van der Waals surface area contributed by atoms with Crippen LogP contribution in [0.2, 0.25) is 0 Å². The van der Waals surface area contributed by atoms with Gasteiger partial charge in [0.05, 0.1) is 0 Å². The van der Waals surface area contributed by atoms with Crippen molar-refractivity contribution < 1.29 is 26.8 Å². The van der Waals surface area contributed by atoms with Crippen molar-refractivity contribution in [1.82, 2.24) is 0 Å². The highest BCUT2D eigenvalue weighted by Crippen LogP contribution is 1.88. The summed E-state index contributed by atoms with van der Waals surface area (Å²) >= 11 is 0. The molecule has 4 heteroatoms. The van der Waals surface area contributed by atoms with Gasteiger partial charge in [0.2, 0.25) is 6.23 Å². The van der Waals surface area contributed by atoms with Crippen molar-refractivity contribution in [3.63, 3.8) is 0 Å². The van der Waals surface area contributed by atoms with Gasteiger partial charge in [-0.1, -0.05) is 0 Å². The van der Waals surface area contributed by atoms with Gasteiger partial charge in [-0.25, -0.2) is 0 Å². The summed E-state index contributed by atoms with van der Waals surface area (Å²) in [6.07, 6.45) is 0.0498. The smallest absolute Gasteiger partial charge is 0.207 e. The summed E-state index contributed by atoms with van der Waals surface area (Å²) in [7, 11) is 0. The lowest BCUT2D eigenvalue weighted by Gasteiger charge is -2.03. The molecule has 0 bridgehead atoms. The molecule has 1 rings (SSSR count). The minimum Gasteiger partial charge on any atom is -1.00 e. The van der Waals surface area contributed by atoms with Gasteiger partial charge in [0.25, 0.3) is 0 Å². The summed E-state index contributed by atoms with van der Waals surface area (Å²) in [5.74, 6) is 0. The molecule has 3 nitrogen and oxygen atoms in total. The van der Waals surface area contributed by atoms with E-state index in [1.54, 1.807) is 0 Å². The summed E-state index contributed by atoms with van der Waals surface area (Å²) in [6.45, 7) is 3.54. The molecule has 8 heavy (non-hydrogen) atoms. The molecule has 0 fully saturated rings. The van der Waals surface area contributed by atoms with Gasteiger partial charge >= 0.3 is 0 Å². The molecule has 0 radical (unpaired) electrons. The van der Waals surface area contributed by atoms with Crippen LogP contribution in [0.15, 0.2) is 5.11 Å². The van der Waals surface area contributed by atoms with Crippen LogP contribution in [0.25, 0.3) is 0 Å². The quantitative estimate of drug-likeness (QED) is 0.405. The monoisotopic (exact) mass is 180 g/mol. The molecule has 1 aliphatic heterocycles. The van der Waals surface area contributed by atoms with Crippen molar-refractivity contribution in [1.29, 1.82) is 0 Å². The molecule has 1 N–H and O–H groups in total. The second-order valence-electron chi connectivity index (χ2n) is 1.51. The van der Waals surface area contributed by atoms with E-state index in [1.807, 2.05) is 6.92 Å². The first-order valence-electron chi connectivity index (χ1n) is 2.44. The highest BCUT2D eigenvalue weighted by atomic mass is 79.9. The van der Waals surface area contributed by atoms with Gasteiger partial charge in [0.15, 0.2) is 6.54 Å². The molecule has 1 aliphatic rings. The predicted octanol–water partition coefficient (Wildman–Crippen LogP) is -4.10. The third-order valence-electron chi connectivity index (χ3n) is 0.846. The van der Waals surface area contributed by atoms with Crippen LogP contribution >= 0.6 is 0 Å². The van der Waals surface area contributed by atoms with Crippen LogP contribution < -0.4 is 22.1 Å². The lowest BCUT2D eigenvalue weighted by atomic mass is 10.6. The van der Waals surface area contributed by atoms with Crippen molar-refractivity contribution in [2.75, 3.05) is 13.2 Å². The Morgan fingerprint density at radius 3 is 2.75 bits per heavy atom. The molecule has 0 aromatic heterocycles. The first-order chi connectivity index (χ1) is 3.39. The fourth-order valence-electron chi connectivity index (χ4n) is 0.505. The molecule has 0 spiro atoms. The van der Waals surface area contributed by atoms with Gasteiger partial charge < -0.3 is 21.7 Å². The third kappa shape index (κ3) is 2.37. The van der Waals surface area contributed by atoms with Gasteiger partial charge in [-0.05, 0) is 12.0 Å². The lowest BCUT2D eigenvalue weighted by molar-refractivity contribution is -0.559. The van der Waals surface area contributed by atoms with Crippen LogP contribution in [0, 0.1) is 0 Å². The normalized spacial score (nSPS) is 26.9. The Morgan fingerprint density at radius 2 is 2.50 bits per heavy atom. The summed E-state index contributed by atoms with van der Waals surface area (Å²) in [5.41, 5.74) is 0. The fraction of sp³-hybridized carbons (Fsp3) is 1.00. The van der Waals surface area contributed by atoms with E-state index in [0.717, 1.165) is 13.2 Å². The zero-order valence-corrected chi connectivity index (χ0v) is 6.31. The SMILES string of the molecule is CC1N=[NH+]CCO1.[Br-]. The standard InChI is InChI=1S/C4H8N2O.BrH/c1-4-6-5-2-3-7-4;/h4H,2-3H2,1H3;1H. The molecule has 1 unspecified atom stereocenters. The predicted molar refractivity (Wildman–Crippen MR) is 23.7 cm³/mol. The Bertz CT molecular complexity index is 86.1. The molecule has 0 amide bonds. The number of hydrogen-bond donors (Lipinski definition) is 1. The molecular formula is C4H9BrN2O. The molecule has 0 aliphatic carbocycles. The van der Waals surface area contributed by atoms with E-state index in [4.69, 9.17) is 4.74 Å². The van der Waals surface area contributed by atoms with E-state index >= 15 is 0 Å². The van der Waals surface area contributed by atoms with E-state index in [1.165, 1.54) is 0 Å². The first kappa shape index (κ1) is 8.04. The Morgan fingerprint density at radius 1 is 1.75 bits per heavy atom. The topological polar surface area (TPSA) is 35.6 Å². The van der Waals surface area contributed by atoms with E-state index in [0.29, 0.717) is 0 Å². The van der Waals surface area contributed by atoms with Crippen LogP contribution in [0.4, 0.5) is 0 Å². The maximum Gasteiger partial charge on any atom is 0.207 e. The molecule has 0 saturated heterocycles. The minimum atomic E-state index is 0. The summed E-state index contributed by atoms with van der Waals surface area (Å²) in [4.78, 5) is 0. The molecule has 48 valence electrons. The molecular weight excluding hydrogens is 172 g/mol. The largest absolute Gasteiger partial charge is 1.00 e. The van der Waals surface area contributed by atoms with Crippen LogP contribution in [-0.4, -0.2) is 19.4 Å². The molecule has 0 aromatic rings. The Hall–Kier alpha value is 0.0400. The Labute approximate surface area is 58.9 Å². The molecule has 1 heterocycles. The summed E-state index contributed by atoms with van der Waals surface area (Å²) in [6, 6.07) is 0. The van der Waals surface area contributed by atoms with Crippen molar-refractivity contribution in [3.05, 3.63) is 0 Å². The van der Waals surface area contributed by atoms with Crippen molar-refractivity contribution in [2.24, 2.45) is 5.11 Å². The first-order valence-corrected chi connectivity index (χ1v) is 2.44. The van der Waals surface area contributed by atoms with Crippen molar-refractivity contribution in [3.8, 4) is 0 Å². The van der Waals surface area contributed by atoms with Gasteiger partial charge in [0, 0.05) is 0 Å². The zero-order valence-electron chi connectivity index (χ0n) is 4.72. The average molecular weight is 181 g/mol. The fourth-order valence-corrected chi connectivity index (χ4v) is 0.505. The molecule has 0 aromatic carbocycles. The van der Waals surface area contributed by atoms with Gasteiger partial charge in [-0.3, -0.25) is 0 Å². The average Bonchev–Trinajstić information content (AvgIpc) is 1.69. The Kier molecular flexibility index (Phi) is 3.99. The minimum absolute atomic E-state index is 0. The summed E-state index contributed by atoms with van der Waals surface area (Å²) in [5, 5.41) is 6.69. The zero-order chi connectivity index (χ0) is 5.11. The highest BCUT2D eigenvalue weighted by Gasteiger charge is 2.06. The van der Waals surface area contributed by atoms with Gasteiger partial charge in [-0.2, -0.15) is 0 Å². The van der Waals surface area contributed by atoms with Crippen LogP contribution in [0.3, 0.4) is 0 Å². The number of azo groups is 1. The van der Waals surface area contributed by atoms with Crippen LogP contribution in [0.1, 0.15) is 6.92 Å². The van der Waals surface area contributed by atoms with E-state index in [2.05, 4.69) is 10.2 Å². The van der Waals surface area contributed by atoms with E-state index < -0.39 is 0 Å². The maximum atomic E-state index is 5.05. The second-order valence-corrected chi connectivity index (χ2v) is 1.51. The highest BCUT2D eigenvalue weighted by molar-refractivity contribution is 4.37. The van der Waals surface area contributed by atoms with Crippen molar-refractivity contribution in [2.45, 2.75) is 13.2 Å². The van der Waals surface area contributed by atoms with Crippen molar-refractivity contribution >= 4 is 0 Å². The van der Waals surface area contributed by atoms with Crippen LogP contribution in [0.5, 0.6) is 0 Å². The van der Waals surface area contributed by atoms with E-state index in [9.17, 15) is 0 Å². The number of ether oxygens (including phenoxy) is 1. The molecule has 0 saturated carbocycles. The number of nitrogens with zero attached hydrogens (tertiary/aromatic N) is 1. The number of nitrogens with one attached hydrogen (secondary N) is 1. The second kappa shape index (κ2) is 3.97. The third-order valence-corrected chi connectivity index (χ3v) is 0.846. The van der Waals surface area contributed by atoms with Gasteiger partial charge in [-0.15, -0.1) is 5.11 Å². The molecule has 1 atom stereocenters. The lowest BCUT2D eigenvalue weighted by Crippen LogP contribution is -3.00. The van der Waals surface area contributed by atoms with Crippen LogP contribution in [-0.2, 0) is 4.74 Å². The van der Waals surface area contributed by atoms with Gasteiger partial charge in [0.1, 0.15) is 6.61 Å². The number of halogens is 1. The van der Waals surface area contributed by atoms with E-state index in [-0.39, 0.29) is 23.2 Å².